The Kier molecular flexibility index (Phi) is 7.59. The van der Waals surface area contributed by atoms with Crippen molar-refractivity contribution in [1.29, 1.82) is 0 Å². The first-order valence-corrected chi connectivity index (χ1v) is 11.4. The van der Waals surface area contributed by atoms with Crippen LogP contribution in [0, 0.1) is 5.82 Å². The maximum Gasteiger partial charge on any atom is 0.261 e. The zero-order chi connectivity index (χ0) is 24.7. The number of sulfonamides is 1. The number of halogens is 1. The molecular formula is C23H21FN4O5S. The van der Waals surface area contributed by atoms with Crippen LogP contribution in [0.2, 0.25) is 0 Å². The van der Waals surface area contributed by atoms with Crippen LogP contribution in [0.1, 0.15) is 26.3 Å². The van der Waals surface area contributed by atoms with E-state index in [1.165, 1.54) is 48.5 Å². The van der Waals surface area contributed by atoms with Crippen molar-refractivity contribution in [3.8, 4) is 0 Å². The van der Waals surface area contributed by atoms with Crippen LogP contribution < -0.4 is 21.1 Å². The number of anilines is 1. The van der Waals surface area contributed by atoms with Crippen LogP contribution in [0.25, 0.3) is 0 Å². The van der Waals surface area contributed by atoms with Gasteiger partial charge in [0.15, 0.2) is 0 Å². The van der Waals surface area contributed by atoms with Crippen molar-refractivity contribution in [3.63, 3.8) is 0 Å². The Hall–Kier alpha value is -4.25. The number of carbonyl (C=O) groups excluding carboxylic acids is 3. The lowest BCUT2D eigenvalue weighted by Crippen LogP contribution is -2.33. The van der Waals surface area contributed by atoms with E-state index in [0.29, 0.717) is 11.1 Å². The van der Waals surface area contributed by atoms with Crippen molar-refractivity contribution in [3.05, 3.63) is 95.3 Å². The maximum absolute atomic E-state index is 13.0. The Morgan fingerprint density at radius 3 is 2.12 bits per heavy atom. The van der Waals surface area contributed by atoms with Crippen molar-refractivity contribution in [2.24, 2.45) is 5.73 Å². The van der Waals surface area contributed by atoms with Gasteiger partial charge in [-0.2, -0.15) is 0 Å². The monoisotopic (exact) mass is 484 g/mol. The molecule has 0 aliphatic rings. The van der Waals surface area contributed by atoms with Gasteiger partial charge in [0.2, 0.25) is 5.91 Å². The standard InChI is InChI=1S/C23H21FN4O5S/c24-18-8-10-19(11-9-18)28-34(32,33)20-3-1-2-17(12-20)23(31)26-13-15-4-6-16(7-5-15)22(30)27-14-21(25)29/h1-12,28H,13-14H2,(H2,25,29)(H,26,31)(H,27,30). The van der Waals surface area contributed by atoms with Gasteiger partial charge in [0.05, 0.1) is 11.4 Å². The summed E-state index contributed by atoms with van der Waals surface area (Å²) in [6.07, 6.45) is 0. The van der Waals surface area contributed by atoms with Crippen LogP contribution in [0.15, 0.2) is 77.7 Å². The number of hydrogen-bond acceptors (Lipinski definition) is 5. The highest BCUT2D eigenvalue weighted by Crippen LogP contribution is 2.18. The topological polar surface area (TPSA) is 147 Å². The minimum Gasteiger partial charge on any atom is -0.368 e. The predicted octanol–water partition coefficient (Wildman–Crippen LogP) is 1.77. The van der Waals surface area contributed by atoms with Gasteiger partial charge >= 0.3 is 0 Å². The molecule has 3 rings (SSSR count). The van der Waals surface area contributed by atoms with Gasteiger partial charge in [-0.15, -0.1) is 0 Å². The molecule has 0 aliphatic heterocycles. The third-order valence-electron chi connectivity index (χ3n) is 4.60. The van der Waals surface area contributed by atoms with Gasteiger partial charge in [0.1, 0.15) is 5.82 Å². The average Bonchev–Trinajstić information content (AvgIpc) is 2.82. The smallest absolute Gasteiger partial charge is 0.261 e. The van der Waals surface area contributed by atoms with Crippen molar-refractivity contribution in [2.45, 2.75) is 11.4 Å². The van der Waals surface area contributed by atoms with Crippen molar-refractivity contribution < 1.29 is 27.2 Å². The molecule has 34 heavy (non-hydrogen) atoms. The summed E-state index contributed by atoms with van der Waals surface area (Å²) in [6.45, 7) is -0.141. The average molecular weight is 485 g/mol. The van der Waals surface area contributed by atoms with Crippen LogP contribution in [-0.4, -0.2) is 32.7 Å². The lowest BCUT2D eigenvalue weighted by Gasteiger charge is -2.10. The quantitative estimate of drug-likeness (QED) is 0.365. The molecule has 0 bridgehead atoms. The highest BCUT2D eigenvalue weighted by Gasteiger charge is 2.17. The fourth-order valence-electron chi connectivity index (χ4n) is 2.86. The summed E-state index contributed by atoms with van der Waals surface area (Å²) in [5, 5.41) is 5.05. The zero-order valence-electron chi connectivity index (χ0n) is 17.7. The Morgan fingerprint density at radius 1 is 0.824 bits per heavy atom. The highest BCUT2D eigenvalue weighted by atomic mass is 32.2. The molecule has 11 heteroatoms. The molecule has 3 aromatic carbocycles. The fraction of sp³-hybridized carbons (Fsp3) is 0.0870. The Labute approximate surface area is 195 Å². The van der Waals surface area contributed by atoms with Crippen LogP contribution in [0.3, 0.4) is 0 Å². The van der Waals surface area contributed by atoms with Crippen LogP contribution in [0.4, 0.5) is 10.1 Å². The summed E-state index contributed by atoms with van der Waals surface area (Å²) in [5.41, 5.74) is 6.32. The predicted molar refractivity (Wildman–Crippen MR) is 123 cm³/mol. The lowest BCUT2D eigenvalue weighted by molar-refractivity contribution is -0.117. The normalized spacial score (nSPS) is 10.9. The molecular weight excluding hydrogens is 463 g/mol. The van der Waals surface area contributed by atoms with E-state index in [4.69, 9.17) is 5.73 Å². The molecule has 9 nitrogen and oxygen atoms in total. The molecule has 3 amide bonds. The van der Waals surface area contributed by atoms with Gasteiger partial charge in [-0.25, -0.2) is 12.8 Å². The number of primary amides is 1. The van der Waals surface area contributed by atoms with Gasteiger partial charge in [0, 0.05) is 23.4 Å². The van der Waals surface area contributed by atoms with Crippen molar-refractivity contribution in [2.75, 3.05) is 11.3 Å². The Balaban J connectivity index is 1.62. The second kappa shape index (κ2) is 10.6. The molecule has 0 fully saturated rings. The molecule has 176 valence electrons. The van der Waals surface area contributed by atoms with Gasteiger partial charge in [-0.05, 0) is 60.2 Å². The van der Waals surface area contributed by atoms with Gasteiger partial charge in [-0.3, -0.25) is 19.1 Å². The number of nitrogens with two attached hydrogens (primary N) is 1. The summed E-state index contributed by atoms with van der Waals surface area (Å²) in [5.74, 6) is -2.11. The third kappa shape index (κ3) is 6.62. The van der Waals surface area contributed by atoms with Crippen molar-refractivity contribution in [1.82, 2.24) is 10.6 Å². The van der Waals surface area contributed by atoms with Crippen LogP contribution in [-0.2, 0) is 21.4 Å². The third-order valence-corrected chi connectivity index (χ3v) is 5.97. The molecule has 0 saturated carbocycles. The Bertz CT molecular complexity index is 1310. The number of hydrogen-bond donors (Lipinski definition) is 4. The molecule has 0 heterocycles. The molecule has 0 aliphatic carbocycles. The minimum absolute atomic E-state index is 0.129. The maximum atomic E-state index is 13.0. The van der Waals surface area contributed by atoms with E-state index in [1.54, 1.807) is 12.1 Å². The van der Waals surface area contributed by atoms with Gasteiger partial charge in [-0.1, -0.05) is 18.2 Å². The first-order chi connectivity index (χ1) is 16.1. The highest BCUT2D eigenvalue weighted by molar-refractivity contribution is 7.92. The molecule has 0 aromatic heterocycles. The van der Waals surface area contributed by atoms with E-state index >= 15 is 0 Å². The molecule has 3 aromatic rings. The van der Waals surface area contributed by atoms with Crippen LogP contribution >= 0.6 is 0 Å². The summed E-state index contributed by atoms with van der Waals surface area (Å²) >= 11 is 0. The number of benzene rings is 3. The van der Waals surface area contributed by atoms with E-state index in [2.05, 4.69) is 15.4 Å². The van der Waals surface area contributed by atoms with Gasteiger partial charge < -0.3 is 16.4 Å². The number of rotatable bonds is 9. The largest absolute Gasteiger partial charge is 0.368 e. The number of amides is 3. The first kappa shape index (κ1) is 24.4. The van der Waals surface area contributed by atoms with Crippen LogP contribution in [0.5, 0.6) is 0 Å². The van der Waals surface area contributed by atoms with E-state index in [-0.39, 0.29) is 29.2 Å². The second-order valence-electron chi connectivity index (χ2n) is 7.17. The number of nitrogens with one attached hydrogen (secondary N) is 3. The summed E-state index contributed by atoms with van der Waals surface area (Å²) < 4.78 is 40.6. The fourth-order valence-corrected chi connectivity index (χ4v) is 3.97. The molecule has 0 atom stereocenters. The molecule has 5 N–H and O–H groups in total. The van der Waals surface area contributed by atoms with E-state index in [9.17, 15) is 27.2 Å². The summed E-state index contributed by atoms with van der Waals surface area (Å²) in [7, 11) is -3.99. The minimum atomic E-state index is -3.99. The van der Waals surface area contributed by atoms with E-state index < -0.39 is 33.6 Å². The van der Waals surface area contributed by atoms with E-state index in [1.807, 2.05) is 0 Å². The molecule has 0 radical (unpaired) electrons. The SMILES string of the molecule is NC(=O)CNC(=O)c1ccc(CNC(=O)c2cccc(S(=O)(=O)Nc3ccc(F)cc3)c2)cc1. The molecule has 0 saturated heterocycles. The van der Waals surface area contributed by atoms with E-state index in [0.717, 1.165) is 12.1 Å². The van der Waals surface area contributed by atoms with Gasteiger partial charge in [0.25, 0.3) is 21.8 Å². The van der Waals surface area contributed by atoms with Crippen molar-refractivity contribution >= 4 is 33.4 Å². The molecule has 0 unspecified atom stereocenters. The second-order valence-corrected chi connectivity index (χ2v) is 8.85. The number of carbonyl (C=O) groups is 3. The Morgan fingerprint density at radius 2 is 1.47 bits per heavy atom. The lowest BCUT2D eigenvalue weighted by atomic mass is 10.1. The zero-order valence-corrected chi connectivity index (χ0v) is 18.6. The summed E-state index contributed by atoms with van der Waals surface area (Å²) in [4.78, 5) is 35.1. The summed E-state index contributed by atoms with van der Waals surface area (Å²) in [6, 6.07) is 16.6. The first-order valence-electron chi connectivity index (χ1n) is 9.96. The molecule has 0 spiro atoms.